The molecule has 1 aliphatic rings. The lowest BCUT2D eigenvalue weighted by Gasteiger charge is -2.20. The van der Waals surface area contributed by atoms with Crippen molar-refractivity contribution < 1.29 is 24.2 Å². The number of anilines is 1. The first-order valence-electron chi connectivity index (χ1n) is 5.85. The van der Waals surface area contributed by atoms with Gasteiger partial charge in [-0.05, 0) is 28.1 Å². The van der Waals surface area contributed by atoms with Crippen molar-refractivity contribution in [2.24, 2.45) is 5.92 Å². The van der Waals surface area contributed by atoms with Crippen LogP contribution in [0.3, 0.4) is 0 Å². The molecule has 1 amide bonds. The number of hydrogen-bond acceptors (Lipinski definition) is 4. The first-order chi connectivity index (χ1) is 9.45. The summed E-state index contributed by atoms with van der Waals surface area (Å²) in [4.78, 5) is 36.1. The molecule has 1 N–H and O–H groups in total. The van der Waals surface area contributed by atoms with E-state index in [4.69, 9.17) is 0 Å². The molecule has 0 aliphatic carbocycles. The van der Waals surface area contributed by atoms with Gasteiger partial charge in [0.25, 0.3) is 0 Å². The van der Waals surface area contributed by atoms with E-state index >= 15 is 0 Å². The quantitative estimate of drug-likeness (QED) is 0.845. The van der Waals surface area contributed by atoms with E-state index in [1.807, 2.05) is 0 Å². The van der Waals surface area contributed by atoms with Crippen molar-refractivity contribution in [2.45, 2.75) is 6.42 Å². The fourth-order valence-electron chi connectivity index (χ4n) is 2.21. The van der Waals surface area contributed by atoms with E-state index in [9.17, 15) is 19.5 Å². The van der Waals surface area contributed by atoms with Gasteiger partial charge in [-0.3, -0.25) is 9.59 Å². The standard InChI is InChI=1S/C13H12BrNO5/c1-20-13(19)7-5-10(16)15(6-7)11-8(12(17)18)3-2-4-9(11)14/h2-4,7H,5-6H2,1H3,(H,17,18). The Bertz CT molecular complexity index is 586. The molecule has 1 aromatic carbocycles. The van der Waals surface area contributed by atoms with Crippen LogP contribution in [-0.4, -0.2) is 36.6 Å². The predicted octanol–water partition coefficient (Wildman–Crippen LogP) is 1.67. The van der Waals surface area contributed by atoms with Crippen LogP contribution >= 0.6 is 15.9 Å². The van der Waals surface area contributed by atoms with Crippen LogP contribution in [0.1, 0.15) is 16.8 Å². The number of carbonyl (C=O) groups is 3. The molecule has 1 aliphatic heterocycles. The molecule has 6 nitrogen and oxygen atoms in total. The van der Waals surface area contributed by atoms with Gasteiger partial charge in [-0.1, -0.05) is 6.07 Å². The minimum absolute atomic E-state index is 0.0123. The SMILES string of the molecule is COC(=O)C1CC(=O)N(c2c(Br)cccc2C(=O)O)C1. The van der Waals surface area contributed by atoms with Crippen LogP contribution in [0.5, 0.6) is 0 Å². The molecule has 0 spiro atoms. The zero-order chi connectivity index (χ0) is 14.9. The third-order valence-corrected chi connectivity index (χ3v) is 3.79. The summed E-state index contributed by atoms with van der Waals surface area (Å²) in [6.07, 6.45) is 0.0209. The van der Waals surface area contributed by atoms with Crippen molar-refractivity contribution in [1.29, 1.82) is 0 Å². The third kappa shape index (κ3) is 2.53. The lowest BCUT2D eigenvalue weighted by molar-refractivity contribution is -0.145. The van der Waals surface area contributed by atoms with E-state index in [-0.39, 0.29) is 30.1 Å². The second-order valence-electron chi connectivity index (χ2n) is 4.37. The molecule has 20 heavy (non-hydrogen) atoms. The average molecular weight is 342 g/mol. The van der Waals surface area contributed by atoms with Crippen molar-refractivity contribution >= 4 is 39.5 Å². The Morgan fingerprint density at radius 2 is 2.15 bits per heavy atom. The highest BCUT2D eigenvalue weighted by Gasteiger charge is 2.38. The second-order valence-corrected chi connectivity index (χ2v) is 5.22. The first kappa shape index (κ1) is 14.5. The van der Waals surface area contributed by atoms with Crippen LogP contribution in [0.4, 0.5) is 5.69 Å². The first-order valence-corrected chi connectivity index (χ1v) is 6.65. The van der Waals surface area contributed by atoms with Crippen molar-refractivity contribution in [2.75, 3.05) is 18.6 Å². The van der Waals surface area contributed by atoms with Gasteiger partial charge in [0.2, 0.25) is 5.91 Å². The van der Waals surface area contributed by atoms with Gasteiger partial charge in [-0.15, -0.1) is 0 Å². The molecule has 1 aromatic rings. The normalized spacial score (nSPS) is 18.2. The zero-order valence-electron chi connectivity index (χ0n) is 10.6. The number of benzene rings is 1. The van der Waals surface area contributed by atoms with Crippen LogP contribution in [0.15, 0.2) is 22.7 Å². The Morgan fingerprint density at radius 1 is 1.45 bits per heavy atom. The Labute approximate surface area is 123 Å². The minimum atomic E-state index is -1.13. The smallest absolute Gasteiger partial charge is 0.337 e. The van der Waals surface area contributed by atoms with Gasteiger partial charge in [0, 0.05) is 17.4 Å². The van der Waals surface area contributed by atoms with Gasteiger partial charge in [0.05, 0.1) is 24.3 Å². The van der Waals surface area contributed by atoms with Crippen LogP contribution in [-0.2, 0) is 14.3 Å². The molecular weight excluding hydrogens is 330 g/mol. The summed E-state index contributed by atoms with van der Waals surface area (Å²) >= 11 is 3.25. The molecule has 1 fully saturated rings. The van der Waals surface area contributed by atoms with Gasteiger partial charge in [0.1, 0.15) is 0 Å². The number of methoxy groups -OCH3 is 1. The van der Waals surface area contributed by atoms with Gasteiger partial charge in [-0.2, -0.15) is 0 Å². The highest BCUT2D eigenvalue weighted by Crippen LogP contribution is 2.35. The van der Waals surface area contributed by atoms with Crippen molar-refractivity contribution in [3.63, 3.8) is 0 Å². The molecule has 1 unspecified atom stereocenters. The molecule has 0 bridgehead atoms. The number of rotatable bonds is 3. The number of para-hydroxylation sites is 1. The minimum Gasteiger partial charge on any atom is -0.478 e. The molecule has 1 heterocycles. The highest BCUT2D eigenvalue weighted by molar-refractivity contribution is 9.10. The zero-order valence-corrected chi connectivity index (χ0v) is 12.2. The molecule has 0 saturated carbocycles. The molecule has 1 saturated heterocycles. The van der Waals surface area contributed by atoms with Gasteiger partial charge < -0.3 is 14.7 Å². The van der Waals surface area contributed by atoms with Crippen molar-refractivity contribution in [3.05, 3.63) is 28.2 Å². The Morgan fingerprint density at radius 3 is 2.75 bits per heavy atom. The summed E-state index contributed by atoms with van der Waals surface area (Å²) in [5.41, 5.74) is 0.287. The van der Waals surface area contributed by atoms with E-state index in [0.717, 1.165) is 0 Å². The number of ether oxygens (including phenoxy) is 1. The number of nitrogens with zero attached hydrogens (tertiary/aromatic N) is 1. The summed E-state index contributed by atoms with van der Waals surface area (Å²) in [6, 6.07) is 4.65. The Hall–Kier alpha value is -1.89. The van der Waals surface area contributed by atoms with E-state index in [1.165, 1.54) is 18.1 Å². The number of halogens is 1. The van der Waals surface area contributed by atoms with Gasteiger partial charge in [0.15, 0.2) is 0 Å². The highest BCUT2D eigenvalue weighted by atomic mass is 79.9. The maximum absolute atomic E-state index is 12.0. The summed E-state index contributed by atoms with van der Waals surface area (Å²) in [6.45, 7) is 0.119. The Kier molecular flexibility index (Phi) is 4.08. The molecule has 0 radical (unpaired) electrons. The van der Waals surface area contributed by atoms with Crippen LogP contribution in [0.25, 0.3) is 0 Å². The fourth-order valence-corrected chi connectivity index (χ4v) is 2.79. The number of aromatic carboxylic acids is 1. The summed E-state index contributed by atoms with van der Waals surface area (Å²) < 4.78 is 5.13. The maximum Gasteiger partial charge on any atom is 0.337 e. The lowest BCUT2D eigenvalue weighted by atomic mass is 10.1. The number of carbonyl (C=O) groups excluding carboxylic acids is 2. The maximum atomic E-state index is 12.0. The van der Waals surface area contributed by atoms with E-state index in [1.54, 1.807) is 12.1 Å². The van der Waals surface area contributed by atoms with Crippen molar-refractivity contribution in [1.82, 2.24) is 0 Å². The van der Waals surface area contributed by atoms with Gasteiger partial charge >= 0.3 is 11.9 Å². The van der Waals surface area contributed by atoms with Crippen molar-refractivity contribution in [3.8, 4) is 0 Å². The lowest BCUT2D eigenvalue weighted by Crippen LogP contribution is -2.28. The predicted molar refractivity (Wildman–Crippen MR) is 73.6 cm³/mol. The number of carboxylic acids is 1. The molecule has 1 atom stereocenters. The fraction of sp³-hybridized carbons (Fsp3) is 0.308. The molecule has 106 valence electrons. The van der Waals surface area contributed by atoms with Gasteiger partial charge in [-0.25, -0.2) is 4.79 Å². The monoisotopic (exact) mass is 341 g/mol. The summed E-state index contributed by atoms with van der Waals surface area (Å²) in [5, 5.41) is 9.21. The number of hydrogen-bond donors (Lipinski definition) is 1. The number of amides is 1. The molecule has 0 aromatic heterocycles. The molecular formula is C13H12BrNO5. The van der Waals surface area contributed by atoms with E-state index in [2.05, 4.69) is 20.7 Å². The molecule has 2 rings (SSSR count). The van der Waals surface area contributed by atoms with Crippen LogP contribution in [0.2, 0.25) is 0 Å². The average Bonchev–Trinajstić information content (AvgIpc) is 2.79. The van der Waals surface area contributed by atoms with E-state index in [0.29, 0.717) is 4.47 Å². The largest absolute Gasteiger partial charge is 0.478 e. The molecule has 7 heteroatoms. The topological polar surface area (TPSA) is 83.9 Å². The number of esters is 1. The van der Waals surface area contributed by atoms with E-state index < -0.39 is 17.9 Å². The van der Waals surface area contributed by atoms with Crippen LogP contribution < -0.4 is 4.90 Å². The second kappa shape index (κ2) is 5.62. The Balaban J connectivity index is 2.40. The summed E-state index contributed by atoms with van der Waals surface area (Å²) in [7, 11) is 1.26. The summed E-state index contributed by atoms with van der Waals surface area (Å²) in [5.74, 6) is -2.46. The third-order valence-electron chi connectivity index (χ3n) is 3.15. The number of carboxylic acid groups (broad SMARTS) is 1. The van der Waals surface area contributed by atoms with Crippen LogP contribution in [0, 0.1) is 5.92 Å².